The lowest BCUT2D eigenvalue weighted by Gasteiger charge is -2.23. The van der Waals surface area contributed by atoms with Gasteiger partial charge in [-0.1, -0.05) is 12.1 Å². The van der Waals surface area contributed by atoms with E-state index in [0.717, 1.165) is 32.0 Å². The van der Waals surface area contributed by atoms with Crippen molar-refractivity contribution in [1.29, 1.82) is 0 Å². The minimum absolute atomic E-state index is 0.318. The maximum Gasteiger partial charge on any atom is 0.138 e. The quantitative estimate of drug-likeness (QED) is 0.753. The summed E-state index contributed by atoms with van der Waals surface area (Å²) >= 11 is 0. The third-order valence-electron chi connectivity index (χ3n) is 2.88. The van der Waals surface area contributed by atoms with Gasteiger partial charge in [0.25, 0.3) is 0 Å². The molecule has 0 saturated carbocycles. The number of anilines is 1. The fourth-order valence-corrected chi connectivity index (χ4v) is 1.84. The van der Waals surface area contributed by atoms with Crippen molar-refractivity contribution in [3.05, 3.63) is 24.3 Å². The van der Waals surface area contributed by atoms with Crippen molar-refractivity contribution < 1.29 is 14.6 Å². The van der Waals surface area contributed by atoms with Crippen LogP contribution < -0.4 is 4.90 Å². The van der Waals surface area contributed by atoms with Crippen LogP contribution in [0.25, 0.3) is 0 Å². The predicted molar refractivity (Wildman–Crippen MR) is 59.8 cm³/mol. The summed E-state index contributed by atoms with van der Waals surface area (Å²) in [6.07, 6.45) is 0.636. The van der Waals surface area contributed by atoms with Crippen molar-refractivity contribution in [2.75, 3.05) is 31.2 Å². The maximum absolute atomic E-state index is 9.82. The van der Waals surface area contributed by atoms with Gasteiger partial charge in [-0.3, -0.25) is 0 Å². The molecule has 0 amide bonds. The van der Waals surface area contributed by atoms with Crippen molar-refractivity contribution >= 4 is 5.69 Å². The largest absolute Gasteiger partial charge is 0.506 e. The van der Waals surface area contributed by atoms with Crippen LogP contribution in [0.1, 0.15) is 0 Å². The molecule has 2 aliphatic rings. The molecule has 86 valence electrons. The highest BCUT2D eigenvalue weighted by Crippen LogP contribution is 2.29. The van der Waals surface area contributed by atoms with Crippen LogP contribution >= 0.6 is 0 Å². The van der Waals surface area contributed by atoms with E-state index >= 15 is 0 Å². The van der Waals surface area contributed by atoms with Gasteiger partial charge in [-0.15, -0.1) is 0 Å². The van der Waals surface area contributed by atoms with Crippen LogP contribution in [0.15, 0.2) is 24.3 Å². The Hall–Kier alpha value is -1.26. The Balaban J connectivity index is 1.76. The van der Waals surface area contributed by atoms with Crippen LogP contribution in [-0.2, 0) is 9.47 Å². The summed E-state index contributed by atoms with van der Waals surface area (Å²) in [5.74, 6) is 0.323. The Morgan fingerprint density at radius 2 is 1.69 bits per heavy atom. The van der Waals surface area contributed by atoms with Gasteiger partial charge in [-0.25, -0.2) is 0 Å². The number of phenolic OH excluding ortho intramolecular Hbond substituents is 1. The third kappa shape index (κ3) is 2.28. The predicted octanol–water partition coefficient (Wildman–Crippen LogP) is 0.996. The lowest BCUT2D eigenvalue weighted by Crippen LogP contribution is -2.31. The van der Waals surface area contributed by atoms with Crippen LogP contribution in [0.2, 0.25) is 0 Å². The van der Waals surface area contributed by atoms with Gasteiger partial charge < -0.3 is 19.5 Å². The van der Waals surface area contributed by atoms with Gasteiger partial charge >= 0.3 is 0 Å². The van der Waals surface area contributed by atoms with Gasteiger partial charge in [0.05, 0.1) is 31.1 Å². The number of para-hydroxylation sites is 2. The molecule has 3 rings (SSSR count). The lowest BCUT2D eigenvalue weighted by molar-refractivity contribution is 0.387. The molecule has 4 nitrogen and oxygen atoms in total. The van der Waals surface area contributed by atoms with Crippen molar-refractivity contribution in [2.24, 2.45) is 0 Å². The van der Waals surface area contributed by atoms with Crippen molar-refractivity contribution in [1.82, 2.24) is 0 Å². The van der Waals surface area contributed by atoms with E-state index in [1.165, 1.54) is 0 Å². The minimum atomic E-state index is 0.318. The van der Waals surface area contributed by atoms with Gasteiger partial charge in [-0.2, -0.15) is 0 Å². The van der Waals surface area contributed by atoms with Crippen LogP contribution in [0.3, 0.4) is 0 Å². The first-order valence-electron chi connectivity index (χ1n) is 5.59. The standard InChI is InChI=1S/C12H15NO3/c14-12-4-2-1-3-11(12)13(5-9-7-15-9)6-10-8-16-10/h1-4,9-10,14H,5-8H2. The summed E-state index contributed by atoms with van der Waals surface area (Å²) in [4.78, 5) is 2.14. The summed E-state index contributed by atoms with van der Waals surface area (Å²) in [5, 5.41) is 9.82. The number of hydrogen-bond acceptors (Lipinski definition) is 4. The van der Waals surface area contributed by atoms with Crippen molar-refractivity contribution in [3.63, 3.8) is 0 Å². The van der Waals surface area contributed by atoms with Gasteiger partial charge in [0, 0.05) is 13.1 Å². The molecule has 1 N–H and O–H groups in total. The van der Waals surface area contributed by atoms with E-state index in [1.807, 2.05) is 18.2 Å². The smallest absolute Gasteiger partial charge is 0.138 e. The lowest BCUT2D eigenvalue weighted by atomic mass is 10.2. The molecule has 0 spiro atoms. The summed E-state index contributed by atoms with van der Waals surface area (Å²) < 4.78 is 10.5. The number of nitrogens with zero attached hydrogens (tertiary/aromatic N) is 1. The average molecular weight is 221 g/mol. The molecule has 16 heavy (non-hydrogen) atoms. The zero-order valence-corrected chi connectivity index (χ0v) is 9.00. The van der Waals surface area contributed by atoms with Crippen molar-refractivity contribution in [3.8, 4) is 5.75 Å². The number of aromatic hydroxyl groups is 1. The van der Waals surface area contributed by atoms with Gasteiger partial charge in [0.1, 0.15) is 5.75 Å². The number of ether oxygens (including phenoxy) is 2. The topological polar surface area (TPSA) is 48.5 Å². The minimum Gasteiger partial charge on any atom is -0.506 e. The van der Waals surface area contributed by atoms with Crippen LogP contribution in [0, 0.1) is 0 Å². The molecular weight excluding hydrogens is 206 g/mol. The third-order valence-corrected chi connectivity index (χ3v) is 2.88. The molecule has 2 heterocycles. The summed E-state index contributed by atoms with van der Waals surface area (Å²) in [6.45, 7) is 3.32. The number of hydrogen-bond donors (Lipinski definition) is 1. The molecule has 1 aromatic carbocycles. The van der Waals surface area contributed by atoms with Crippen LogP contribution in [0.5, 0.6) is 5.75 Å². The highest BCUT2D eigenvalue weighted by atomic mass is 16.6. The van der Waals surface area contributed by atoms with E-state index in [0.29, 0.717) is 18.0 Å². The Labute approximate surface area is 94.4 Å². The molecule has 2 atom stereocenters. The number of epoxide rings is 2. The number of benzene rings is 1. The molecule has 0 radical (unpaired) electrons. The zero-order chi connectivity index (χ0) is 11.0. The van der Waals surface area contributed by atoms with E-state index in [2.05, 4.69) is 4.90 Å². The Kier molecular flexibility index (Phi) is 2.46. The summed E-state index contributed by atoms with van der Waals surface area (Å²) in [7, 11) is 0. The Morgan fingerprint density at radius 1 is 1.12 bits per heavy atom. The fraction of sp³-hybridized carbons (Fsp3) is 0.500. The SMILES string of the molecule is Oc1ccccc1N(CC1CO1)CC1CO1. The van der Waals surface area contributed by atoms with Gasteiger partial charge in [0.15, 0.2) is 0 Å². The van der Waals surface area contributed by atoms with E-state index in [-0.39, 0.29) is 0 Å². The molecule has 0 bridgehead atoms. The molecule has 4 heteroatoms. The molecule has 2 unspecified atom stereocenters. The molecule has 2 saturated heterocycles. The number of rotatable bonds is 5. The molecule has 1 aromatic rings. The van der Waals surface area contributed by atoms with Crippen molar-refractivity contribution in [2.45, 2.75) is 12.2 Å². The Morgan fingerprint density at radius 3 is 2.19 bits per heavy atom. The highest BCUT2D eigenvalue weighted by Gasteiger charge is 2.31. The van der Waals surface area contributed by atoms with Gasteiger partial charge in [0.2, 0.25) is 0 Å². The fourth-order valence-electron chi connectivity index (χ4n) is 1.84. The molecule has 0 aromatic heterocycles. The number of phenols is 1. The summed E-state index contributed by atoms with van der Waals surface area (Å²) in [6, 6.07) is 7.41. The highest BCUT2D eigenvalue weighted by molar-refractivity contribution is 5.57. The van der Waals surface area contributed by atoms with E-state index in [9.17, 15) is 5.11 Å². The van der Waals surface area contributed by atoms with E-state index in [4.69, 9.17) is 9.47 Å². The first-order valence-corrected chi connectivity index (χ1v) is 5.59. The summed E-state index contributed by atoms with van der Waals surface area (Å²) in [5.41, 5.74) is 0.869. The second-order valence-corrected chi connectivity index (χ2v) is 4.30. The Bertz CT molecular complexity index is 360. The second kappa shape index (κ2) is 3.96. The molecule has 2 fully saturated rings. The maximum atomic E-state index is 9.82. The van der Waals surface area contributed by atoms with Gasteiger partial charge in [-0.05, 0) is 12.1 Å². The normalized spacial score (nSPS) is 26.5. The molecule has 0 aliphatic carbocycles. The average Bonchev–Trinajstić information content (AvgIpc) is 3.12. The first kappa shape index (κ1) is 9.93. The zero-order valence-electron chi connectivity index (χ0n) is 9.00. The molecule has 2 aliphatic heterocycles. The second-order valence-electron chi connectivity index (χ2n) is 4.30. The van der Waals surface area contributed by atoms with E-state index in [1.54, 1.807) is 6.07 Å². The van der Waals surface area contributed by atoms with E-state index < -0.39 is 0 Å². The molecular formula is C12H15NO3. The van der Waals surface area contributed by atoms with Crippen LogP contribution in [-0.4, -0.2) is 43.6 Å². The monoisotopic (exact) mass is 221 g/mol. The van der Waals surface area contributed by atoms with Crippen LogP contribution in [0.4, 0.5) is 5.69 Å². The first-order chi connectivity index (χ1) is 7.83.